The van der Waals surface area contributed by atoms with Crippen LogP contribution in [0.4, 0.5) is 0 Å². The average molecular weight is 295 g/mol. The zero-order valence-electron chi connectivity index (χ0n) is 11.0. The van der Waals surface area contributed by atoms with E-state index in [2.05, 4.69) is 4.98 Å². The maximum Gasteiger partial charge on any atom is 0.0624 e. The van der Waals surface area contributed by atoms with Crippen LogP contribution in [0.5, 0.6) is 0 Å². The fraction of sp³-hybridized carbons (Fsp3) is 0.267. The molecule has 1 heterocycles. The number of aryl methyl sites for hydroxylation is 2. The Bertz CT molecular complexity index is 597. The quantitative estimate of drug-likeness (QED) is 0.919. The van der Waals surface area contributed by atoms with Crippen LogP contribution in [0.15, 0.2) is 30.3 Å². The minimum atomic E-state index is -0.135. The third-order valence-corrected chi connectivity index (χ3v) is 3.99. The number of halogens is 2. The first kappa shape index (κ1) is 14.3. The van der Waals surface area contributed by atoms with Crippen molar-refractivity contribution in [3.8, 4) is 0 Å². The first-order chi connectivity index (χ1) is 8.99. The molecule has 0 saturated heterocycles. The smallest absolute Gasteiger partial charge is 0.0624 e. The minimum absolute atomic E-state index is 0.135. The summed E-state index contributed by atoms with van der Waals surface area (Å²) in [6.07, 6.45) is 0.644. The Balaban J connectivity index is 2.25. The molecule has 2 rings (SSSR count). The van der Waals surface area contributed by atoms with E-state index in [1.54, 1.807) is 6.07 Å². The molecule has 0 aliphatic rings. The van der Waals surface area contributed by atoms with Gasteiger partial charge in [0, 0.05) is 17.4 Å². The Morgan fingerprint density at radius 1 is 1.16 bits per heavy atom. The van der Waals surface area contributed by atoms with Crippen LogP contribution in [0.2, 0.25) is 10.0 Å². The van der Waals surface area contributed by atoms with Crippen LogP contribution in [0.1, 0.15) is 28.6 Å². The van der Waals surface area contributed by atoms with Crippen molar-refractivity contribution in [3.63, 3.8) is 0 Å². The van der Waals surface area contributed by atoms with Gasteiger partial charge in [0.15, 0.2) is 0 Å². The lowest BCUT2D eigenvalue weighted by Gasteiger charge is -2.16. The Labute approximate surface area is 123 Å². The third kappa shape index (κ3) is 3.27. The van der Waals surface area contributed by atoms with Crippen molar-refractivity contribution >= 4 is 23.2 Å². The molecule has 0 aliphatic carbocycles. The van der Waals surface area contributed by atoms with Gasteiger partial charge in [0.1, 0.15) is 0 Å². The van der Waals surface area contributed by atoms with Crippen molar-refractivity contribution in [2.75, 3.05) is 0 Å². The van der Waals surface area contributed by atoms with Gasteiger partial charge in [0.2, 0.25) is 0 Å². The Hall–Kier alpha value is -1.09. The van der Waals surface area contributed by atoms with E-state index in [1.165, 1.54) is 0 Å². The second-order valence-corrected chi connectivity index (χ2v) is 5.44. The topological polar surface area (TPSA) is 38.9 Å². The number of nitrogens with zero attached hydrogens (tertiary/aromatic N) is 1. The monoisotopic (exact) mass is 294 g/mol. The largest absolute Gasteiger partial charge is 0.324 e. The highest BCUT2D eigenvalue weighted by Crippen LogP contribution is 2.29. The summed E-state index contributed by atoms with van der Waals surface area (Å²) in [5.74, 6) is 0. The van der Waals surface area contributed by atoms with Crippen LogP contribution >= 0.6 is 23.2 Å². The fourth-order valence-corrected chi connectivity index (χ4v) is 2.54. The summed E-state index contributed by atoms with van der Waals surface area (Å²) in [5, 5.41) is 1.14. The molecule has 1 atom stereocenters. The van der Waals surface area contributed by atoms with Gasteiger partial charge in [-0.25, -0.2) is 0 Å². The SMILES string of the molecule is Cc1ccc(C(N)Cc2cccc(Cl)c2Cl)c(C)n1. The molecule has 0 saturated carbocycles. The predicted octanol–water partition coefficient (Wildman–Crippen LogP) is 4.25. The molecule has 0 bridgehead atoms. The summed E-state index contributed by atoms with van der Waals surface area (Å²) in [6.45, 7) is 3.94. The predicted molar refractivity (Wildman–Crippen MR) is 80.8 cm³/mol. The first-order valence-electron chi connectivity index (χ1n) is 6.11. The summed E-state index contributed by atoms with van der Waals surface area (Å²) in [6, 6.07) is 9.48. The molecule has 2 N–H and O–H groups in total. The highest BCUT2D eigenvalue weighted by Gasteiger charge is 2.13. The summed E-state index contributed by atoms with van der Waals surface area (Å²) in [5.41, 5.74) is 10.2. The van der Waals surface area contributed by atoms with E-state index in [4.69, 9.17) is 28.9 Å². The fourth-order valence-electron chi connectivity index (χ4n) is 2.14. The molecule has 0 aliphatic heterocycles. The Morgan fingerprint density at radius 2 is 1.89 bits per heavy atom. The number of aromatic nitrogens is 1. The Kier molecular flexibility index (Phi) is 4.46. The maximum atomic E-state index is 6.26. The standard InChI is InChI=1S/C15H16Cl2N2/c1-9-6-7-12(10(2)19-9)14(18)8-11-4-3-5-13(16)15(11)17/h3-7,14H,8,18H2,1-2H3. The molecule has 19 heavy (non-hydrogen) atoms. The maximum absolute atomic E-state index is 6.26. The highest BCUT2D eigenvalue weighted by molar-refractivity contribution is 6.42. The molecule has 0 radical (unpaired) electrons. The number of hydrogen-bond donors (Lipinski definition) is 1. The van der Waals surface area contributed by atoms with Crippen LogP contribution in [0.3, 0.4) is 0 Å². The zero-order valence-corrected chi connectivity index (χ0v) is 12.5. The van der Waals surface area contributed by atoms with Crippen LogP contribution in [0, 0.1) is 13.8 Å². The van der Waals surface area contributed by atoms with Crippen LogP contribution < -0.4 is 5.73 Å². The number of nitrogens with two attached hydrogens (primary N) is 1. The number of pyridine rings is 1. The molecular formula is C15H16Cl2N2. The van der Waals surface area contributed by atoms with Gasteiger partial charge < -0.3 is 5.73 Å². The minimum Gasteiger partial charge on any atom is -0.324 e. The molecule has 2 nitrogen and oxygen atoms in total. The van der Waals surface area contributed by atoms with Gasteiger partial charge in [-0.05, 0) is 43.5 Å². The van der Waals surface area contributed by atoms with Crippen molar-refractivity contribution in [2.24, 2.45) is 5.73 Å². The molecule has 100 valence electrons. The van der Waals surface area contributed by atoms with Crippen molar-refractivity contribution in [1.29, 1.82) is 0 Å². The zero-order chi connectivity index (χ0) is 14.0. The lowest BCUT2D eigenvalue weighted by atomic mass is 9.98. The molecule has 0 amide bonds. The number of hydrogen-bond acceptors (Lipinski definition) is 2. The van der Waals surface area contributed by atoms with E-state index < -0.39 is 0 Å². The first-order valence-corrected chi connectivity index (χ1v) is 6.87. The molecular weight excluding hydrogens is 279 g/mol. The van der Waals surface area contributed by atoms with Gasteiger partial charge in [-0.1, -0.05) is 41.4 Å². The molecule has 4 heteroatoms. The average Bonchev–Trinajstić information content (AvgIpc) is 2.34. The van der Waals surface area contributed by atoms with Gasteiger partial charge >= 0.3 is 0 Å². The molecule has 0 spiro atoms. The molecule has 1 aromatic carbocycles. The van der Waals surface area contributed by atoms with Crippen LogP contribution in [-0.2, 0) is 6.42 Å². The number of benzene rings is 1. The molecule has 0 fully saturated rings. The lowest BCUT2D eigenvalue weighted by Crippen LogP contribution is -2.15. The molecule has 2 aromatic rings. The summed E-state index contributed by atoms with van der Waals surface area (Å²) in [4.78, 5) is 4.44. The van der Waals surface area contributed by atoms with Crippen molar-refractivity contribution in [2.45, 2.75) is 26.3 Å². The second kappa shape index (κ2) is 5.91. The summed E-state index contributed by atoms with van der Waals surface area (Å²) in [7, 11) is 0. The van der Waals surface area contributed by atoms with Crippen molar-refractivity contribution in [1.82, 2.24) is 4.98 Å². The van der Waals surface area contributed by atoms with Gasteiger partial charge in [-0.15, -0.1) is 0 Å². The number of rotatable bonds is 3. The van der Waals surface area contributed by atoms with Crippen LogP contribution in [0.25, 0.3) is 0 Å². The molecule has 1 unspecified atom stereocenters. The highest BCUT2D eigenvalue weighted by atomic mass is 35.5. The van der Waals surface area contributed by atoms with E-state index in [9.17, 15) is 0 Å². The van der Waals surface area contributed by atoms with E-state index >= 15 is 0 Å². The van der Waals surface area contributed by atoms with E-state index in [1.807, 2.05) is 38.1 Å². The van der Waals surface area contributed by atoms with Gasteiger partial charge in [0.25, 0.3) is 0 Å². The lowest BCUT2D eigenvalue weighted by molar-refractivity contribution is 0.710. The summed E-state index contributed by atoms with van der Waals surface area (Å²) < 4.78 is 0. The second-order valence-electron chi connectivity index (χ2n) is 4.65. The summed E-state index contributed by atoms with van der Waals surface area (Å²) >= 11 is 12.2. The Morgan fingerprint density at radius 3 is 2.58 bits per heavy atom. The van der Waals surface area contributed by atoms with Gasteiger partial charge in [-0.2, -0.15) is 0 Å². The van der Waals surface area contributed by atoms with E-state index in [0.29, 0.717) is 16.5 Å². The van der Waals surface area contributed by atoms with Crippen molar-refractivity contribution < 1.29 is 0 Å². The van der Waals surface area contributed by atoms with Crippen molar-refractivity contribution in [3.05, 3.63) is 62.9 Å². The normalized spacial score (nSPS) is 12.5. The third-order valence-electron chi connectivity index (χ3n) is 3.14. The van der Waals surface area contributed by atoms with Crippen LogP contribution in [-0.4, -0.2) is 4.98 Å². The van der Waals surface area contributed by atoms with Gasteiger partial charge in [-0.3, -0.25) is 4.98 Å². The van der Waals surface area contributed by atoms with E-state index in [0.717, 1.165) is 22.5 Å². The van der Waals surface area contributed by atoms with Gasteiger partial charge in [0.05, 0.1) is 10.0 Å². The van der Waals surface area contributed by atoms with E-state index in [-0.39, 0.29) is 6.04 Å². The molecule has 1 aromatic heterocycles.